The zero-order chi connectivity index (χ0) is 20.7. The van der Waals surface area contributed by atoms with Crippen molar-refractivity contribution in [1.29, 1.82) is 0 Å². The Hall–Kier alpha value is -2.63. The Morgan fingerprint density at radius 1 is 0.967 bits per heavy atom. The summed E-state index contributed by atoms with van der Waals surface area (Å²) >= 11 is 0. The molecule has 0 saturated carbocycles. The van der Waals surface area contributed by atoms with Gasteiger partial charge in [-0.25, -0.2) is 0 Å². The molecule has 1 fully saturated rings. The fourth-order valence-electron chi connectivity index (χ4n) is 4.94. The maximum absolute atomic E-state index is 5.54. The van der Waals surface area contributed by atoms with Gasteiger partial charge in [-0.2, -0.15) is 0 Å². The maximum atomic E-state index is 5.54. The largest absolute Gasteiger partial charge is 0.497 e. The van der Waals surface area contributed by atoms with Crippen molar-refractivity contribution in [3.05, 3.63) is 48.3 Å². The van der Waals surface area contributed by atoms with Gasteiger partial charge in [0.1, 0.15) is 5.75 Å². The molecule has 1 aliphatic rings. The molecular weight excluding hydrogens is 372 g/mol. The minimum Gasteiger partial charge on any atom is -0.497 e. The van der Waals surface area contributed by atoms with Gasteiger partial charge in [-0.05, 0) is 68.2 Å². The smallest absolute Gasteiger partial charge is 0.119 e. The first-order valence-corrected chi connectivity index (χ1v) is 10.9. The molecule has 0 aliphatic carbocycles. The summed E-state index contributed by atoms with van der Waals surface area (Å²) in [7, 11) is 3.95. The van der Waals surface area contributed by atoms with Gasteiger partial charge >= 0.3 is 0 Å². The first-order chi connectivity index (χ1) is 14.7. The number of ether oxygens (including phenoxy) is 1. The fourth-order valence-corrected chi connectivity index (χ4v) is 4.94. The van der Waals surface area contributed by atoms with Crippen LogP contribution in [0.25, 0.3) is 32.6 Å². The highest BCUT2D eigenvalue weighted by Crippen LogP contribution is 2.37. The van der Waals surface area contributed by atoms with Crippen LogP contribution in [-0.2, 0) is 6.54 Å². The molecule has 2 aromatic heterocycles. The topological polar surface area (TPSA) is 33.5 Å². The second-order valence-corrected chi connectivity index (χ2v) is 8.53. The summed E-state index contributed by atoms with van der Waals surface area (Å²) in [5, 5.41) is 5.04. The predicted molar refractivity (Wildman–Crippen MR) is 125 cm³/mol. The molecule has 1 saturated heterocycles. The highest BCUT2D eigenvalue weighted by molar-refractivity contribution is 6.14. The lowest BCUT2D eigenvalue weighted by Gasteiger charge is -2.32. The molecule has 5 nitrogen and oxygen atoms in total. The highest BCUT2D eigenvalue weighted by Gasteiger charge is 2.17. The summed E-state index contributed by atoms with van der Waals surface area (Å²) < 4.78 is 8.06. The second kappa shape index (κ2) is 7.89. The number of aromatic nitrogens is 2. The molecule has 0 unspecified atom stereocenters. The Kier molecular flexibility index (Phi) is 5.09. The molecule has 1 aliphatic heterocycles. The molecule has 3 heterocycles. The average Bonchev–Trinajstić information content (AvgIpc) is 3.08. The van der Waals surface area contributed by atoms with Crippen molar-refractivity contribution in [2.24, 2.45) is 0 Å². The third kappa shape index (κ3) is 3.32. The molecule has 156 valence electrons. The minimum atomic E-state index is 0.905. The maximum Gasteiger partial charge on any atom is 0.119 e. The Morgan fingerprint density at radius 2 is 1.80 bits per heavy atom. The summed E-state index contributed by atoms with van der Waals surface area (Å²) in [6, 6.07) is 10.9. The van der Waals surface area contributed by atoms with Crippen LogP contribution in [0.2, 0.25) is 0 Å². The van der Waals surface area contributed by atoms with E-state index in [9.17, 15) is 0 Å². The van der Waals surface area contributed by atoms with Crippen molar-refractivity contribution < 1.29 is 4.74 Å². The molecule has 0 bridgehead atoms. The van der Waals surface area contributed by atoms with Crippen molar-refractivity contribution in [3.63, 3.8) is 0 Å². The van der Waals surface area contributed by atoms with Crippen LogP contribution in [0, 0.1) is 6.92 Å². The van der Waals surface area contributed by atoms with E-state index in [2.05, 4.69) is 63.7 Å². The molecule has 2 aromatic carbocycles. The summed E-state index contributed by atoms with van der Waals surface area (Å²) in [6.45, 7) is 9.13. The Bertz CT molecular complexity index is 1200. The molecule has 0 N–H and O–H groups in total. The molecule has 5 heteroatoms. The van der Waals surface area contributed by atoms with Gasteiger partial charge in [-0.15, -0.1) is 0 Å². The van der Waals surface area contributed by atoms with E-state index in [1.165, 1.54) is 64.3 Å². The van der Waals surface area contributed by atoms with Gasteiger partial charge in [0, 0.05) is 66.8 Å². The zero-order valence-corrected chi connectivity index (χ0v) is 18.2. The number of methoxy groups -OCH3 is 1. The lowest BCUT2D eigenvalue weighted by Crippen LogP contribution is -2.44. The van der Waals surface area contributed by atoms with Crippen molar-refractivity contribution >= 4 is 32.6 Å². The first-order valence-electron chi connectivity index (χ1n) is 10.9. The van der Waals surface area contributed by atoms with Crippen LogP contribution in [-0.4, -0.2) is 66.2 Å². The number of nitrogens with zero attached hydrogens (tertiary/aromatic N) is 4. The molecule has 30 heavy (non-hydrogen) atoms. The predicted octanol–water partition coefficient (Wildman–Crippen LogP) is 4.30. The van der Waals surface area contributed by atoms with E-state index in [0.717, 1.165) is 25.3 Å². The van der Waals surface area contributed by atoms with Crippen LogP contribution in [0.3, 0.4) is 0 Å². The average molecular weight is 403 g/mol. The first kappa shape index (κ1) is 19.3. The standard InChI is InChI=1S/C25H30N4O/c1-18-21-7-8-26-17-19(21)15-23-22-16-20(30-3)5-6-24(22)29(25(18)23)10-4-9-28-13-11-27(2)12-14-28/h5-8,15-17H,4,9-14H2,1-3H3. The number of benzene rings is 2. The lowest BCUT2D eigenvalue weighted by molar-refractivity contribution is 0.151. The molecule has 5 rings (SSSR count). The molecular formula is C25H30N4O. The SMILES string of the molecule is COc1ccc2c(c1)c1cc3cnccc3c(C)c1n2CCCN1CCN(C)CC1. The normalized spacial score (nSPS) is 16.1. The van der Waals surface area contributed by atoms with E-state index in [-0.39, 0.29) is 0 Å². The van der Waals surface area contributed by atoms with E-state index in [4.69, 9.17) is 4.74 Å². The number of fused-ring (bicyclic) bond motifs is 4. The van der Waals surface area contributed by atoms with Gasteiger partial charge < -0.3 is 19.1 Å². The number of aryl methyl sites for hydroxylation is 2. The van der Waals surface area contributed by atoms with Crippen LogP contribution >= 0.6 is 0 Å². The van der Waals surface area contributed by atoms with Gasteiger partial charge in [0.2, 0.25) is 0 Å². The Morgan fingerprint density at radius 3 is 2.60 bits per heavy atom. The minimum absolute atomic E-state index is 0.905. The van der Waals surface area contributed by atoms with E-state index in [1.54, 1.807) is 7.11 Å². The molecule has 0 radical (unpaired) electrons. The van der Waals surface area contributed by atoms with Crippen LogP contribution in [0.4, 0.5) is 0 Å². The molecule has 0 amide bonds. The third-order valence-electron chi connectivity index (χ3n) is 6.67. The van der Waals surface area contributed by atoms with Crippen molar-refractivity contribution in [2.45, 2.75) is 19.9 Å². The van der Waals surface area contributed by atoms with Crippen molar-refractivity contribution in [1.82, 2.24) is 19.4 Å². The summed E-state index contributed by atoms with van der Waals surface area (Å²) in [6.07, 6.45) is 5.02. The second-order valence-electron chi connectivity index (χ2n) is 8.53. The van der Waals surface area contributed by atoms with E-state index < -0.39 is 0 Å². The summed E-state index contributed by atoms with van der Waals surface area (Å²) in [5.74, 6) is 0.905. The van der Waals surface area contributed by atoms with Gasteiger partial charge in [0.05, 0.1) is 12.6 Å². The zero-order valence-electron chi connectivity index (χ0n) is 18.2. The van der Waals surface area contributed by atoms with Crippen LogP contribution in [0.5, 0.6) is 5.75 Å². The number of rotatable bonds is 5. The quantitative estimate of drug-likeness (QED) is 0.498. The van der Waals surface area contributed by atoms with E-state index >= 15 is 0 Å². The van der Waals surface area contributed by atoms with Crippen LogP contribution in [0.1, 0.15) is 12.0 Å². The van der Waals surface area contributed by atoms with Crippen molar-refractivity contribution in [3.8, 4) is 5.75 Å². The van der Waals surface area contributed by atoms with E-state index in [0.29, 0.717) is 0 Å². The number of likely N-dealkylation sites (N-methyl/N-ethyl adjacent to an activating group) is 1. The highest BCUT2D eigenvalue weighted by atomic mass is 16.5. The third-order valence-corrected chi connectivity index (χ3v) is 6.67. The van der Waals surface area contributed by atoms with Crippen molar-refractivity contribution in [2.75, 3.05) is 46.9 Å². The van der Waals surface area contributed by atoms with Gasteiger partial charge in [0.25, 0.3) is 0 Å². The number of pyridine rings is 1. The summed E-state index contributed by atoms with van der Waals surface area (Å²) in [4.78, 5) is 9.37. The molecule has 0 atom stereocenters. The molecule has 0 spiro atoms. The van der Waals surface area contributed by atoms with Crippen LogP contribution < -0.4 is 4.74 Å². The fraction of sp³-hybridized carbons (Fsp3) is 0.400. The lowest BCUT2D eigenvalue weighted by atomic mass is 10.0. The van der Waals surface area contributed by atoms with E-state index in [1.807, 2.05) is 12.4 Å². The number of piperazine rings is 1. The van der Waals surface area contributed by atoms with Crippen LogP contribution in [0.15, 0.2) is 42.7 Å². The summed E-state index contributed by atoms with van der Waals surface area (Å²) in [5.41, 5.74) is 3.96. The molecule has 4 aromatic rings. The Labute approximate surface area is 177 Å². The Balaban J connectivity index is 1.57. The number of hydrogen-bond acceptors (Lipinski definition) is 4. The monoisotopic (exact) mass is 402 g/mol. The van der Waals surface area contributed by atoms with Gasteiger partial charge in [-0.3, -0.25) is 4.98 Å². The van der Waals surface area contributed by atoms with Gasteiger partial charge in [0.15, 0.2) is 0 Å². The number of hydrogen-bond donors (Lipinski definition) is 0. The van der Waals surface area contributed by atoms with Gasteiger partial charge in [-0.1, -0.05) is 0 Å².